The van der Waals surface area contributed by atoms with Crippen molar-refractivity contribution in [2.75, 3.05) is 19.3 Å². The number of amides is 1. The molecular formula is C10H15N3O3S. The van der Waals surface area contributed by atoms with Gasteiger partial charge >= 0.3 is 0 Å². The molecule has 7 heteroatoms. The molecule has 0 saturated heterocycles. The third-order valence-corrected chi connectivity index (χ3v) is 3.93. The number of carbonyl (C=O) groups is 1. The molecule has 17 heavy (non-hydrogen) atoms. The highest BCUT2D eigenvalue weighted by Gasteiger charge is 2.19. The van der Waals surface area contributed by atoms with E-state index < -0.39 is 15.9 Å². The van der Waals surface area contributed by atoms with E-state index in [0.29, 0.717) is 11.3 Å². The SMILES string of the molecule is CN(CC(N)=O)S(=O)(=O)Cc1cccc(N)c1. The van der Waals surface area contributed by atoms with Gasteiger partial charge in [-0.05, 0) is 17.7 Å². The Bertz CT molecular complexity index is 513. The number of benzene rings is 1. The molecule has 0 aliphatic heterocycles. The topological polar surface area (TPSA) is 106 Å². The van der Waals surface area contributed by atoms with Crippen LogP contribution < -0.4 is 11.5 Å². The Morgan fingerprint density at radius 3 is 2.59 bits per heavy atom. The molecule has 0 heterocycles. The zero-order valence-electron chi connectivity index (χ0n) is 9.46. The number of sulfonamides is 1. The van der Waals surface area contributed by atoms with Crippen LogP contribution in [0.15, 0.2) is 24.3 Å². The average molecular weight is 257 g/mol. The fourth-order valence-corrected chi connectivity index (χ4v) is 2.47. The molecule has 0 bridgehead atoms. The Kier molecular flexibility index (Phi) is 4.08. The van der Waals surface area contributed by atoms with Crippen LogP contribution in [0, 0.1) is 0 Å². The van der Waals surface area contributed by atoms with E-state index >= 15 is 0 Å². The number of hydrogen-bond donors (Lipinski definition) is 2. The first-order chi connectivity index (χ1) is 7.81. The second kappa shape index (κ2) is 5.15. The molecule has 0 radical (unpaired) electrons. The molecule has 0 atom stereocenters. The zero-order chi connectivity index (χ0) is 13.1. The summed E-state index contributed by atoms with van der Waals surface area (Å²) < 4.78 is 24.6. The van der Waals surface area contributed by atoms with Gasteiger partial charge in [-0.2, -0.15) is 4.31 Å². The number of anilines is 1. The molecule has 1 rings (SSSR count). The highest BCUT2D eigenvalue weighted by Crippen LogP contribution is 2.12. The van der Waals surface area contributed by atoms with Gasteiger partial charge in [0, 0.05) is 12.7 Å². The lowest BCUT2D eigenvalue weighted by Gasteiger charge is -2.15. The van der Waals surface area contributed by atoms with Gasteiger partial charge in [-0.25, -0.2) is 8.42 Å². The van der Waals surface area contributed by atoms with E-state index in [-0.39, 0.29) is 12.3 Å². The second-order valence-corrected chi connectivity index (χ2v) is 5.80. The highest BCUT2D eigenvalue weighted by atomic mass is 32.2. The number of rotatable bonds is 5. The molecule has 0 fully saturated rings. The molecule has 94 valence electrons. The van der Waals surface area contributed by atoms with E-state index in [1.807, 2.05) is 0 Å². The van der Waals surface area contributed by atoms with Gasteiger partial charge in [-0.3, -0.25) is 4.79 Å². The minimum Gasteiger partial charge on any atom is -0.399 e. The molecule has 1 amide bonds. The van der Waals surface area contributed by atoms with Gasteiger partial charge in [-0.15, -0.1) is 0 Å². The Morgan fingerprint density at radius 2 is 2.06 bits per heavy atom. The summed E-state index contributed by atoms with van der Waals surface area (Å²) in [4.78, 5) is 10.7. The smallest absolute Gasteiger partial charge is 0.232 e. The molecule has 0 spiro atoms. The quantitative estimate of drug-likeness (QED) is 0.694. The van der Waals surface area contributed by atoms with Gasteiger partial charge in [0.05, 0.1) is 12.3 Å². The predicted octanol–water partition coefficient (Wildman–Crippen LogP) is -0.484. The van der Waals surface area contributed by atoms with Crippen molar-refractivity contribution in [2.45, 2.75) is 5.75 Å². The van der Waals surface area contributed by atoms with E-state index in [9.17, 15) is 13.2 Å². The van der Waals surface area contributed by atoms with Crippen molar-refractivity contribution in [1.82, 2.24) is 4.31 Å². The number of nitrogens with two attached hydrogens (primary N) is 2. The molecule has 1 aromatic rings. The van der Waals surface area contributed by atoms with Crippen molar-refractivity contribution in [3.05, 3.63) is 29.8 Å². The predicted molar refractivity (Wildman–Crippen MR) is 65.3 cm³/mol. The van der Waals surface area contributed by atoms with Crippen LogP contribution >= 0.6 is 0 Å². The normalized spacial score (nSPS) is 11.6. The third kappa shape index (κ3) is 4.04. The molecule has 0 aliphatic rings. The van der Waals surface area contributed by atoms with Crippen molar-refractivity contribution in [2.24, 2.45) is 5.73 Å². The molecule has 0 unspecified atom stereocenters. The lowest BCUT2D eigenvalue weighted by atomic mass is 10.2. The van der Waals surface area contributed by atoms with Gasteiger partial charge in [0.25, 0.3) is 0 Å². The molecule has 6 nitrogen and oxygen atoms in total. The summed E-state index contributed by atoms with van der Waals surface area (Å²) in [5.41, 5.74) is 11.6. The summed E-state index contributed by atoms with van der Waals surface area (Å²) in [6.45, 7) is -0.329. The molecule has 0 saturated carbocycles. The maximum atomic E-state index is 11.8. The van der Waals surface area contributed by atoms with Crippen LogP contribution in [-0.4, -0.2) is 32.2 Å². The maximum Gasteiger partial charge on any atom is 0.232 e. The number of carbonyl (C=O) groups excluding carboxylic acids is 1. The summed E-state index contributed by atoms with van der Waals surface area (Å²) in [6, 6.07) is 6.58. The largest absolute Gasteiger partial charge is 0.399 e. The monoisotopic (exact) mass is 257 g/mol. The summed E-state index contributed by atoms with van der Waals surface area (Å²) >= 11 is 0. The van der Waals surface area contributed by atoms with Gasteiger partial charge < -0.3 is 11.5 Å². The number of primary amides is 1. The number of nitrogen functional groups attached to an aromatic ring is 1. The van der Waals surface area contributed by atoms with Crippen LogP contribution in [-0.2, 0) is 20.6 Å². The van der Waals surface area contributed by atoms with Gasteiger partial charge in [0.1, 0.15) is 0 Å². The van der Waals surface area contributed by atoms with Crippen molar-refractivity contribution in [1.29, 1.82) is 0 Å². The van der Waals surface area contributed by atoms with Crippen molar-refractivity contribution >= 4 is 21.6 Å². The summed E-state index contributed by atoms with van der Waals surface area (Å²) in [5, 5.41) is 0. The van der Waals surface area contributed by atoms with Crippen LogP contribution in [0.3, 0.4) is 0 Å². The first-order valence-corrected chi connectivity index (χ1v) is 6.49. The van der Waals surface area contributed by atoms with E-state index in [4.69, 9.17) is 11.5 Å². The first-order valence-electron chi connectivity index (χ1n) is 4.88. The van der Waals surface area contributed by atoms with Crippen molar-refractivity contribution in [3.63, 3.8) is 0 Å². The fourth-order valence-electron chi connectivity index (χ4n) is 1.32. The van der Waals surface area contributed by atoms with Gasteiger partial charge in [-0.1, -0.05) is 12.1 Å². The number of likely N-dealkylation sites (N-methyl/N-ethyl adjacent to an activating group) is 1. The minimum atomic E-state index is -3.55. The Labute approximate surface area is 100 Å². The van der Waals surface area contributed by atoms with Crippen LogP contribution in [0.4, 0.5) is 5.69 Å². The second-order valence-electron chi connectivity index (χ2n) is 3.72. The molecule has 1 aromatic carbocycles. The summed E-state index contributed by atoms with van der Waals surface area (Å²) in [7, 11) is -2.24. The first kappa shape index (κ1) is 13.5. The molecule has 0 aliphatic carbocycles. The Morgan fingerprint density at radius 1 is 1.41 bits per heavy atom. The van der Waals surface area contributed by atoms with Gasteiger partial charge in [0.2, 0.25) is 15.9 Å². The van der Waals surface area contributed by atoms with E-state index in [1.54, 1.807) is 24.3 Å². The summed E-state index contributed by atoms with van der Waals surface area (Å²) in [5.74, 6) is -0.898. The number of nitrogens with zero attached hydrogens (tertiary/aromatic N) is 1. The van der Waals surface area contributed by atoms with E-state index in [0.717, 1.165) is 4.31 Å². The van der Waals surface area contributed by atoms with Crippen LogP contribution in [0.2, 0.25) is 0 Å². The highest BCUT2D eigenvalue weighted by molar-refractivity contribution is 7.88. The lowest BCUT2D eigenvalue weighted by molar-refractivity contribution is -0.118. The zero-order valence-corrected chi connectivity index (χ0v) is 10.3. The Hall–Kier alpha value is -1.60. The Balaban J connectivity index is 2.83. The van der Waals surface area contributed by atoms with Crippen molar-refractivity contribution in [3.8, 4) is 0 Å². The molecule has 0 aromatic heterocycles. The van der Waals surface area contributed by atoms with Crippen LogP contribution in [0.5, 0.6) is 0 Å². The van der Waals surface area contributed by atoms with E-state index in [1.165, 1.54) is 7.05 Å². The average Bonchev–Trinajstić information content (AvgIpc) is 2.15. The van der Waals surface area contributed by atoms with Crippen LogP contribution in [0.25, 0.3) is 0 Å². The van der Waals surface area contributed by atoms with Crippen molar-refractivity contribution < 1.29 is 13.2 Å². The third-order valence-electron chi connectivity index (χ3n) is 2.15. The van der Waals surface area contributed by atoms with Crippen LogP contribution in [0.1, 0.15) is 5.56 Å². The fraction of sp³-hybridized carbons (Fsp3) is 0.300. The minimum absolute atomic E-state index is 0.207. The van der Waals surface area contributed by atoms with E-state index in [2.05, 4.69) is 0 Å². The lowest BCUT2D eigenvalue weighted by Crippen LogP contribution is -2.36. The standard InChI is InChI=1S/C10H15N3O3S/c1-13(6-10(12)14)17(15,16)7-8-3-2-4-9(11)5-8/h2-5H,6-7,11H2,1H3,(H2,12,14). The molecular weight excluding hydrogens is 242 g/mol. The number of hydrogen-bond acceptors (Lipinski definition) is 4. The maximum absolute atomic E-state index is 11.8. The van der Waals surface area contributed by atoms with Gasteiger partial charge in [0.15, 0.2) is 0 Å². The molecule has 4 N–H and O–H groups in total. The summed E-state index contributed by atoms with van der Waals surface area (Å²) in [6.07, 6.45) is 0.